The monoisotopic (exact) mass is 389 g/mol. The van der Waals surface area contributed by atoms with E-state index in [2.05, 4.69) is 18.7 Å². The third-order valence-electron chi connectivity index (χ3n) is 5.58. The molecule has 148 valence electrons. The Morgan fingerprint density at radius 1 is 1.19 bits per heavy atom. The maximum Gasteiger partial charge on any atom is 0.231 e. The summed E-state index contributed by atoms with van der Waals surface area (Å²) in [6, 6.07) is 5.95. The van der Waals surface area contributed by atoms with Gasteiger partial charge >= 0.3 is 0 Å². The smallest absolute Gasteiger partial charge is 0.231 e. The summed E-state index contributed by atoms with van der Waals surface area (Å²) in [5.41, 5.74) is 0.851. The lowest BCUT2D eigenvalue weighted by molar-refractivity contribution is -0.123. The molecule has 1 aliphatic carbocycles. The number of nitrogens with zero attached hydrogens (tertiary/aromatic N) is 3. The molecule has 2 aromatic rings. The molecule has 1 fully saturated rings. The molecule has 3 rings (SSSR count). The third-order valence-corrected chi connectivity index (χ3v) is 6.62. The minimum Gasteiger partial charge on any atom is -0.494 e. The average Bonchev–Trinajstić information content (AvgIpc) is 3.15. The highest BCUT2D eigenvalue weighted by molar-refractivity contribution is 7.22. The Kier molecular flexibility index (Phi) is 7.07. The number of hydrogen-bond acceptors (Lipinski definition) is 5. The van der Waals surface area contributed by atoms with Crippen molar-refractivity contribution in [3.63, 3.8) is 0 Å². The molecule has 1 saturated carbocycles. The number of amides is 1. The van der Waals surface area contributed by atoms with Crippen LogP contribution in [0.1, 0.15) is 46.0 Å². The number of likely N-dealkylation sites (N-methyl/N-ethyl adjacent to an activating group) is 1. The van der Waals surface area contributed by atoms with Gasteiger partial charge in [-0.3, -0.25) is 9.69 Å². The summed E-state index contributed by atoms with van der Waals surface area (Å²) < 4.78 is 6.53. The molecule has 6 heteroatoms. The van der Waals surface area contributed by atoms with E-state index in [1.165, 1.54) is 6.42 Å². The van der Waals surface area contributed by atoms with E-state index < -0.39 is 0 Å². The molecule has 1 heterocycles. The summed E-state index contributed by atoms with van der Waals surface area (Å²) in [6.45, 7) is 7.89. The van der Waals surface area contributed by atoms with Crippen molar-refractivity contribution in [1.82, 2.24) is 9.88 Å². The van der Waals surface area contributed by atoms with E-state index in [0.29, 0.717) is 6.54 Å². The summed E-state index contributed by atoms with van der Waals surface area (Å²) >= 11 is 1.59. The van der Waals surface area contributed by atoms with Gasteiger partial charge in [0.2, 0.25) is 5.91 Å². The zero-order valence-corrected chi connectivity index (χ0v) is 17.6. The Hall–Kier alpha value is -1.66. The largest absolute Gasteiger partial charge is 0.494 e. The Morgan fingerprint density at radius 3 is 2.59 bits per heavy atom. The summed E-state index contributed by atoms with van der Waals surface area (Å²) in [5.74, 6) is 1.16. The van der Waals surface area contributed by atoms with Crippen molar-refractivity contribution >= 4 is 32.6 Å². The molecule has 0 saturated heterocycles. The van der Waals surface area contributed by atoms with Crippen LogP contribution in [0.15, 0.2) is 18.2 Å². The van der Waals surface area contributed by atoms with E-state index in [4.69, 9.17) is 9.72 Å². The molecule has 0 spiro atoms. The Bertz CT molecular complexity index is 751. The van der Waals surface area contributed by atoms with Crippen molar-refractivity contribution in [2.24, 2.45) is 5.92 Å². The fourth-order valence-electron chi connectivity index (χ4n) is 3.84. The van der Waals surface area contributed by atoms with E-state index in [9.17, 15) is 4.79 Å². The summed E-state index contributed by atoms with van der Waals surface area (Å²) in [7, 11) is 1.67. The summed E-state index contributed by atoms with van der Waals surface area (Å²) in [4.78, 5) is 22.5. The SMILES string of the molecule is CCN(CC)CCN(C(=O)C1CCCCC1)c1nc2c(OC)cccc2s1. The number of thiazole rings is 1. The quantitative estimate of drug-likeness (QED) is 0.664. The van der Waals surface area contributed by atoms with E-state index in [1.807, 2.05) is 23.1 Å². The van der Waals surface area contributed by atoms with Gasteiger partial charge in [0, 0.05) is 19.0 Å². The van der Waals surface area contributed by atoms with E-state index in [1.54, 1.807) is 18.4 Å². The van der Waals surface area contributed by atoms with Crippen LogP contribution in [0.5, 0.6) is 5.75 Å². The van der Waals surface area contributed by atoms with Crippen LogP contribution >= 0.6 is 11.3 Å². The zero-order valence-electron chi connectivity index (χ0n) is 16.7. The number of carbonyl (C=O) groups is 1. The van der Waals surface area contributed by atoms with Crippen molar-refractivity contribution < 1.29 is 9.53 Å². The number of fused-ring (bicyclic) bond motifs is 1. The van der Waals surface area contributed by atoms with Crippen molar-refractivity contribution in [2.75, 3.05) is 38.2 Å². The van der Waals surface area contributed by atoms with Gasteiger partial charge in [0.05, 0.1) is 11.8 Å². The topological polar surface area (TPSA) is 45.7 Å². The molecule has 0 atom stereocenters. The molecular weight excluding hydrogens is 358 g/mol. The van der Waals surface area contributed by atoms with Crippen LogP contribution in [-0.2, 0) is 4.79 Å². The maximum absolute atomic E-state index is 13.4. The van der Waals surface area contributed by atoms with Gasteiger partial charge in [0.1, 0.15) is 11.3 Å². The molecule has 0 aliphatic heterocycles. The van der Waals surface area contributed by atoms with E-state index >= 15 is 0 Å². The van der Waals surface area contributed by atoms with E-state index in [0.717, 1.165) is 66.4 Å². The second-order valence-electron chi connectivity index (χ2n) is 7.16. The number of anilines is 1. The van der Waals surface area contributed by atoms with Crippen LogP contribution in [0.2, 0.25) is 0 Å². The summed E-state index contributed by atoms with van der Waals surface area (Å²) in [5, 5.41) is 0.803. The third kappa shape index (κ3) is 4.61. The molecule has 1 aliphatic rings. The van der Waals surface area contributed by atoms with Gasteiger partial charge in [-0.15, -0.1) is 0 Å². The van der Waals surface area contributed by atoms with Crippen LogP contribution in [0, 0.1) is 5.92 Å². The lowest BCUT2D eigenvalue weighted by atomic mass is 9.88. The van der Waals surface area contributed by atoms with Crippen LogP contribution < -0.4 is 9.64 Å². The Morgan fingerprint density at radius 2 is 1.93 bits per heavy atom. The van der Waals surface area contributed by atoms with Gasteiger partial charge in [-0.05, 0) is 38.1 Å². The first-order valence-corrected chi connectivity index (χ1v) is 11.0. The van der Waals surface area contributed by atoms with Crippen LogP contribution in [0.25, 0.3) is 10.2 Å². The predicted octanol–water partition coefficient (Wildman–Crippen LogP) is 4.56. The Labute approximate surface area is 166 Å². The molecule has 1 aromatic heterocycles. The first-order valence-electron chi connectivity index (χ1n) is 10.1. The van der Waals surface area contributed by atoms with Gasteiger partial charge in [0.15, 0.2) is 5.13 Å². The highest BCUT2D eigenvalue weighted by Crippen LogP contribution is 2.35. The van der Waals surface area contributed by atoms with Gasteiger partial charge in [0.25, 0.3) is 0 Å². The normalized spacial score (nSPS) is 15.4. The Balaban J connectivity index is 1.89. The van der Waals surface area contributed by atoms with Gasteiger partial charge in [-0.2, -0.15) is 0 Å². The highest BCUT2D eigenvalue weighted by atomic mass is 32.1. The molecule has 1 aromatic carbocycles. The van der Waals surface area contributed by atoms with Crippen LogP contribution in [-0.4, -0.2) is 49.1 Å². The fourth-order valence-corrected chi connectivity index (χ4v) is 4.86. The van der Waals surface area contributed by atoms with Gasteiger partial charge < -0.3 is 9.64 Å². The lowest BCUT2D eigenvalue weighted by Crippen LogP contribution is -2.42. The van der Waals surface area contributed by atoms with Crippen LogP contribution in [0.3, 0.4) is 0 Å². The second kappa shape index (κ2) is 9.51. The van der Waals surface area contributed by atoms with Crippen molar-refractivity contribution in [2.45, 2.75) is 46.0 Å². The van der Waals surface area contributed by atoms with Crippen molar-refractivity contribution in [3.8, 4) is 5.75 Å². The average molecular weight is 390 g/mol. The molecule has 5 nitrogen and oxygen atoms in total. The predicted molar refractivity (Wildman–Crippen MR) is 113 cm³/mol. The molecule has 1 amide bonds. The number of methoxy groups -OCH3 is 1. The molecular formula is C21H31N3O2S. The number of benzene rings is 1. The van der Waals surface area contributed by atoms with Gasteiger partial charge in [-0.25, -0.2) is 4.98 Å². The number of carbonyl (C=O) groups excluding carboxylic acids is 1. The van der Waals surface area contributed by atoms with Crippen LogP contribution in [0.4, 0.5) is 5.13 Å². The number of rotatable bonds is 8. The second-order valence-corrected chi connectivity index (χ2v) is 8.16. The molecule has 0 N–H and O–H groups in total. The summed E-state index contributed by atoms with van der Waals surface area (Å²) in [6.07, 6.45) is 5.59. The van der Waals surface area contributed by atoms with Crippen molar-refractivity contribution in [3.05, 3.63) is 18.2 Å². The molecule has 27 heavy (non-hydrogen) atoms. The number of hydrogen-bond donors (Lipinski definition) is 0. The minimum atomic E-state index is 0.143. The first kappa shape index (κ1) is 20.1. The first-order chi connectivity index (χ1) is 13.2. The lowest BCUT2D eigenvalue weighted by Gasteiger charge is -2.29. The molecule has 0 radical (unpaired) electrons. The molecule has 0 bridgehead atoms. The number of ether oxygens (including phenoxy) is 1. The number of para-hydroxylation sites is 1. The number of aromatic nitrogens is 1. The highest BCUT2D eigenvalue weighted by Gasteiger charge is 2.29. The fraction of sp³-hybridized carbons (Fsp3) is 0.619. The standard InChI is InChI=1S/C21H31N3O2S/c1-4-23(5-2)14-15-24(20(25)16-10-7-6-8-11-16)21-22-19-17(26-3)12-9-13-18(19)27-21/h9,12-13,16H,4-8,10-11,14-15H2,1-3H3. The molecule has 0 unspecified atom stereocenters. The minimum absolute atomic E-state index is 0.143. The van der Waals surface area contributed by atoms with Gasteiger partial charge in [-0.1, -0.05) is 50.5 Å². The maximum atomic E-state index is 13.4. The van der Waals surface area contributed by atoms with E-state index in [-0.39, 0.29) is 11.8 Å². The zero-order chi connectivity index (χ0) is 19.2. The van der Waals surface area contributed by atoms with Crippen molar-refractivity contribution in [1.29, 1.82) is 0 Å².